The summed E-state index contributed by atoms with van der Waals surface area (Å²) >= 11 is 0. The Morgan fingerprint density at radius 1 is 1.05 bits per heavy atom. The molecule has 5 heteroatoms. The predicted octanol–water partition coefficient (Wildman–Crippen LogP) is 2.64. The first kappa shape index (κ1) is 15.1. The van der Waals surface area contributed by atoms with Crippen molar-refractivity contribution >= 4 is 17.2 Å². The molecule has 5 nitrogen and oxygen atoms in total. The van der Waals surface area contributed by atoms with E-state index >= 15 is 0 Å². The van der Waals surface area contributed by atoms with E-state index in [0.717, 1.165) is 43.5 Å². The standard InChI is InChI=1S/C17H23N3O2/c1-14-6-9-22-13-20(15(2)18-14)17-5-3-4-16(12-17)19-7-10-21-11-8-19/h3-6,12H,7-11,13H2,1-2H3/b14-6-,18-15?. The summed E-state index contributed by atoms with van der Waals surface area (Å²) in [6, 6.07) is 8.55. The summed E-state index contributed by atoms with van der Waals surface area (Å²) in [5, 5.41) is 0. The normalized spacial score (nSPS) is 22.5. The molecule has 0 radical (unpaired) electrons. The van der Waals surface area contributed by atoms with E-state index in [-0.39, 0.29) is 0 Å². The molecule has 0 saturated carbocycles. The van der Waals surface area contributed by atoms with Crippen molar-refractivity contribution in [3.8, 4) is 0 Å². The van der Waals surface area contributed by atoms with E-state index in [4.69, 9.17) is 9.47 Å². The molecule has 0 spiro atoms. The molecule has 22 heavy (non-hydrogen) atoms. The van der Waals surface area contributed by atoms with Gasteiger partial charge in [0.05, 0.1) is 19.8 Å². The molecule has 0 aromatic heterocycles. The van der Waals surface area contributed by atoms with Crippen molar-refractivity contribution in [2.45, 2.75) is 13.8 Å². The molecule has 2 aliphatic rings. The average molecular weight is 301 g/mol. The topological polar surface area (TPSA) is 37.3 Å². The zero-order valence-corrected chi connectivity index (χ0v) is 13.3. The molecule has 0 atom stereocenters. The monoisotopic (exact) mass is 301 g/mol. The number of amidine groups is 1. The van der Waals surface area contributed by atoms with Gasteiger partial charge in [-0.3, -0.25) is 0 Å². The Balaban J connectivity index is 1.85. The average Bonchev–Trinajstić information content (AvgIpc) is 2.54. The predicted molar refractivity (Wildman–Crippen MR) is 89.6 cm³/mol. The van der Waals surface area contributed by atoms with Gasteiger partial charge in [-0.15, -0.1) is 0 Å². The minimum absolute atomic E-state index is 0.520. The molecular formula is C17H23N3O2. The van der Waals surface area contributed by atoms with Gasteiger partial charge in [-0.25, -0.2) is 4.99 Å². The minimum atomic E-state index is 0.520. The van der Waals surface area contributed by atoms with Crippen molar-refractivity contribution in [3.63, 3.8) is 0 Å². The number of hydrogen-bond donors (Lipinski definition) is 0. The van der Waals surface area contributed by atoms with Gasteiger partial charge in [0.1, 0.15) is 12.6 Å². The van der Waals surface area contributed by atoms with Crippen LogP contribution in [0.4, 0.5) is 11.4 Å². The van der Waals surface area contributed by atoms with Crippen molar-refractivity contribution in [1.82, 2.24) is 0 Å². The quantitative estimate of drug-likeness (QED) is 0.841. The minimum Gasteiger partial charge on any atom is -0.378 e. The highest BCUT2D eigenvalue weighted by molar-refractivity contribution is 5.96. The Morgan fingerprint density at radius 2 is 1.82 bits per heavy atom. The molecular weight excluding hydrogens is 278 g/mol. The summed E-state index contributed by atoms with van der Waals surface area (Å²) < 4.78 is 11.1. The fourth-order valence-electron chi connectivity index (χ4n) is 2.72. The first-order valence-electron chi connectivity index (χ1n) is 7.74. The Hall–Kier alpha value is -1.85. The largest absolute Gasteiger partial charge is 0.378 e. The third-order valence-corrected chi connectivity index (χ3v) is 3.96. The number of ether oxygens (including phenoxy) is 2. The molecule has 0 aliphatic carbocycles. The summed E-state index contributed by atoms with van der Waals surface area (Å²) in [5.41, 5.74) is 3.33. The number of rotatable bonds is 2. The van der Waals surface area contributed by atoms with Crippen LogP contribution in [0.15, 0.2) is 41.0 Å². The zero-order chi connectivity index (χ0) is 15.4. The highest BCUT2D eigenvalue weighted by Crippen LogP contribution is 2.24. The van der Waals surface area contributed by atoms with E-state index in [2.05, 4.69) is 39.1 Å². The van der Waals surface area contributed by atoms with Gasteiger partial charge in [-0.1, -0.05) is 6.07 Å². The first-order valence-corrected chi connectivity index (χ1v) is 7.74. The molecule has 0 bridgehead atoms. The van der Waals surface area contributed by atoms with Crippen molar-refractivity contribution in [3.05, 3.63) is 36.0 Å². The summed E-state index contributed by atoms with van der Waals surface area (Å²) in [7, 11) is 0. The van der Waals surface area contributed by atoms with Crippen LogP contribution in [-0.4, -0.2) is 45.5 Å². The Bertz CT molecular complexity index is 577. The third-order valence-electron chi connectivity index (χ3n) is 3.96. The highest BCUT2D eigenvalue weighted by atomic mass is 16.5. The fraction of sp³-hybridized carbons (Fsp3) is 0.471. The van der Waals surface area contributed by atoms with E-state index in [9.17, 15) is 0 Å². The van der Waals surface area contributed by atoms with Crippen molar-refractivity contribution < 1.29 is 9.47 Å². The van der Waals surface area contributed by atoms with Gasteiger partial charge in [-0.05, 0) is 38.1 Å². The van der Waals surface area contributed by atoms with Crippen LogP contribution in [0.3, 0.4) is 0 Å². The molecule has 0 N–H and O–H groups in total. The fourth-order valence-corrected chi connectivity index (χ4v) is 2.72. The van der Waals surface area contributed by atoms with E-state index < -0.39 is 0 Å². The summed E-state index contributed by atoms with van der Waals surface area (Å²) in [5.74, 6) is 0.951. The number of nitrogens with zero attached hydrogens (tertiary/aromatic N) is 3. The second-order valence-electron chi connectivity index (χ2n) is 5.55. The molecule has 2 heterocycles. The van der Waals surface area contributed by atoms with Gasteiger partial charge in [0.15, 0.2) is 0 Å². The van der Waals surface area contributed by atoms with Gasteiger partial charge < -0.3 is 19.3 Å². The second-order valence-corrected chi connectivity index (χ2v) is 5.55. The lowest BCUT2D eigenvalue weighted by Crippen LogP contribution is -2.36. The van der Waals surface area contributed by atoms with Crippen LogP contribution in [-0.2, 0) is 9.47 Å². The molecule has 1 fully saturated rings. The molecule has 0 amide bonds. The van der Waals surface area contributed by atoms with Crippen LogP contribution in [0, 0.1) is 0 Å². The van der Waals surface area contributed by atoms with Gasteiger partial charge in [0.25, 0.3) is 0 Å². The molecule has 0 unspecified atom stereocenters. The third kappa shape index (κ3) is 3.48. The van der Waals surface area contributed by atoms with E-state index in [0.29, 0.717) is 13.3 Å². The number of anilines is 2. The van der Waals surface area contributed by atoms with Crippen LogP contribution in [0.25, 0.3) is 0 Å². The molecule has 3 rings (SSSR count). The number of benzene rings is 1. The Morgan fingerprint density at radius 3 is 2.64 bits per heavy atom. The van der Waals surface area contributed by atoms with Crippen molar-refractivity contribution in [2.75, 3.05) is 49.4 Å². The second kappa shape index (κ2) is 6.94. The van der Waals surface area contributed by atoms with E-state index in [1.165, 1.54) is 5.69 Å². The lowest BCUT2D eigenvalue weighted by molar-refractivity contribution is 0.122. The summed E-state index contributed by atoms with van der Waals surface area (Å²) in [4.78, 5) is 9.09. The maximum Gasteiger partial charge on any atom is 0.124 e. The summed E-state index contributed by atoms with van der Waals surface area (Å²) in [6.45, 7) is 8.61. The van der Waals surface area contributed by atoms with Gasteiger partial charge >= 0.3 is 0 Å². The number of allylic oxidation sites excluding steroid dienone is 1. The smallest absolute Gasteiger partial charge is 0.124 e. The zero-order valence-electron chi connectivity index (χ0n) is 13.3. The van der Waals surface area contributed by atoms with Crippen LogP contribution < -0.4 is 9.80 Å². The number of morpholine rings is 1. The Labute approximate surface area is 131 Å². The lowest BCUT2D eigenvalue weighted by Gasteiger charge is -2.31. The van der Waals surface area contributed by atoms with Crippen LogP contribution in [0.5, 0.6) is 0 Å². The maximum atomic E-state index is 5.70. The van der Waals surface area contributed by atoms with E-state index in [1.54, 1.807) is 0 Å². The van der Waals surface area contributed by atoms with Gasteiger partial charge in [-0.2, -0.15) is 0 Å². The van der Waals surface area contributed by atoms with Crippen molar-refractivity contribution in [1.29, 1.82) is 0 Å². The van der Waals surface area contributed by atoms with Gasteiger partial charge in [0.2, 0.25) is 0 Å². The van der Waals surface area contributed by atoms with Crippen LogP contribution in [0.2, 0.25) is 0 Å². The summed E-state index contributed by atoms with van der Waals surface area (Å²) in [6.07, 6.45) is 2.00. The van der Waals surface area contributed by atoms with Crippen LogP contribution in [0.1, 0.15) is 13.8 Å². The SMILES string of the molecule is CC1=N/C(C)=C\COCN1c1cccc(N2CCOCC2)c1. The highest BCUT2D eigenvalue weighted by Gasteiger charge is 2.15. The van der Waals surface area contributed by atoms with Gasteiger partial charge in [0, 0.05) is 30.2 Å². The Kier molecular flexibility index (Phi) is 4.75. The number of aliphatic imine (C=N–C) groups is 1. The molecule has 118 valence electrons. The molecule has 2 aliphatic heterocycles. The number of hydrogen-bond acceptors (Lipinski definition) is 5. The molecule has 1 aromatic carbocycles. The first-order chi connectivity index (χ1) is 10.7. The van der Waals surface area contributed by atoms with Crippen LogP contribution >= 0.6 is 0 Å². The van der Waals surface area contributed by atoms with E-state index in [1.807, 2.05) is 19.9 Å². The van der Waals surface area contributed by atoms with Crippen molar-refractivity contribution in [2.24, 2.45) is 4.99 Å². The maximum absolute atomic E-state index is 5.70. The lowest BCUT2D eigenvalue weighted by atomic mass is 10.2. The molecule has 1 saturated heterocycles. The molecule has 1 aromatic rings.